The Bertz CT molecular complexity index is 1180. The first-order chi connectivity index (χ1) is 11.3. The number of oxazole rings is 1. The summed E-state index contributed by atoms with van der Waals surface area (Å²) in [6, 6.07) is 13.2. The first kappa shape index (κ1) is 12.7. The van der Waals surface area contributed by atoms with Crippen LogP contribution in [0.2, 0.25) is 5.02 Å². The van der Waals surface area contributed by atoms with Gasteiger partial charge in [0.1, 0.15) is 5.58 Å². The first-order valence-corrected chi connectivity index (χ1v) is 7.49. The average molecular weight is 321 g/mol. The second kappa shape index (κ2) is 4.57. The Morgan fingerprint density at radius 2 is 1.65 bits per heavy atom. The summed E-state index contributed by atoms with van der Waals surface area (Å²) in [7, 11) is 0. The van der Waals surface area contributed by atoms with E-state index >= 15 is 0 Å². The normalized spacial score (nSPS) is 11.7. The molecule has 0 aliphatic carbocycles. The van der Waals surface area contributed by atoms with Crippen molar-refractivity contribution < 1.29 is 8.83 Å². The van der Waals surface area contributed by atoms with E-state index in [1.807, 2.05) is 42.5 Å². The van der Waals surface area contributed by atoms with E-state index < -0.39 is 0 Å². The van der Waals surface area contributed by atoms with Crippen LogP contribution in [0.1, 0.15) is 0 Å². The van der Waals surface area contributed by atoms with E-state index in [1.165, 1.54) is 0 Å². The Kier molecular flexibility index (Phi) is 2.52. The molecule has 0 aliphatic heterocycles. The van der Waals surface area contributed by atoms with Gasteiger partial charge in [-0.15, -0.1) is 0 Å². The van der Waals surface area contributed by atoms with E-state index in [1.54, 1.807) is 12.4 Å². The molecule has 0 unspecified atom stereocenters. The van der Waals surface area contributed by atoms with E-state index in [0.29, 0.717) is 27.6 Å². The molecule has 0 fully saturated rings. The van der Waals surface area contributed by atoms with Crippen molar-refractivity contribution in [1.82, 2.24) is 9.97 Å². The van der Waals surface area contributed by atoms with Crippen LogP contribution in [-0.4, -0.2) is 9.97 Å². The van der Waals surface area contributed by atoms with E-state index in [0.717, 1.165) is 21.9 Å². The second-order valence-electron chi connectivity index (χ2n) is 5.29. The van der Waals surface area contributed by atoms with Gasteiger partial charge in [-0.3, -0.25) is 4.98 Å². The van der Waals surface area contributed by atoms with Gasteiger partial charge in [-0.2, -0.15) is 0 Å². The minimum atomic E-state index is 0.549. The van der Waals surface area contributed by atoms with Crippen molar-refractivity contribution >= 4 is 44.6 Å². The number of furan rings is 1. The van der Waals surface area contributed by atoms with Gasteiger partial charge < -0.3 is 8.83 Å². The third-order valence-corrected chi connectivity index (χ3v) is 4.12. The van der Waals surface area contributed by atoms with Crippen LogP contribution in [0.3, 0.4) is 0 Å². The van der Waals surface area contributed by atoms with Crippen molar-refractivity contribution in [2.45, 2.75) is 0 Å². The van der Waals surface area contributed by atoms with Gasteiger partial charge >= 0.3 is 0 Å². The number of halogens is 1. The number of benzene rings is 2. The Morgan fingerprint density at radius 1 is 0.826 bits per heavy atom. The topological polar surface area (TPSA) is 52.1 Å². The van der Waals surface area contributed by atoms with Crippen LogP contribution in [0.15, 0.2) is 63.7 Å². The fourth-order valence-corrected chi connectivity index (χ4v) is 2.99. The first-order valence-electron chi connectivity index (χ1n) is 7.11. The molecular weight excluding hydrogens is 312 g/mol. The van der Waals surface area contributed by atoms with Crippen molar-refractivity contribution in [3.63, 3.8) is 0 Å². The third-order valence-electron chi connectivity index (χ3n) is 3.89. The molecule has 2 aromatic carbocycles. The van der Waals surface area contributed by atoms with Gasteiger partial charge in [-0.05, 0) is 42.5 Å². The highest BCUT2D eigenvalue weighted by atomic mass is 35.5. The summed E-state index contributed by atoms with van der Waals surface area (Å²) in [6.07, 6.45) is 3.42. The lowest BCUT2D eigenvalue weighted by Crippen LogP contribution is -1.77. The predicted octanol–water partition coefficient (Wildman–Crippen LogP) is 5.44. The Balaban J connectivity index is 1.86. The zero-order valence-corrected chi connectivity index (χ0v) is 12.5. The van der Waals surface area contributed by atoms with Gasteiger partial charge in [0.05, 0.1) is 0 Å². The van der Waals surface area contributed by atoms with Crippen LogP contribution in [0.5, 0.6) is 0 Å². The smallest absolute Gasteiger partial charge is 0.227 e. The second-order valence-corrected chi connectivity index (χ2v) is 5.72. The molecule has 5 rings (SSSR count). The lowest BCUT2D eigenvalue weighted by molar-refractivity contribution is 0.619. The maximum atomic E-state index is 6.10. The number of fused-ring (bicyclic) bond motifs is 5. The SMILES string of the molecule is Clc1ccc2oc3c(ccc4oc(-c5ccncc5)nc43)c2c1. The Morgan fingerprint density at radius 3 is 2.52 bits per heavy atom. The molecule has 0 saturated carbocycles. The van der Waals surface area contributed by atoms with Crippen molar-refractivity contribution in [2.75, 3.05) is 0 Å². The Hall–Kier alpha value is -2.85. The van der Waals surface area contributed by atoms with Crippen molar-refractivity contribution in [1.29, 1.82) is 0 Å². The molecule has 0 aliphatic rings. The highest BCUT2D eigenvalue weighted by molar-refractivity contribution is 6.32. The predicted molar refractivity (Wildman–Crippen MR) is 89.5 cm³/mol. The molecule has 3 heterocycles. The standard InChI is InChI=1S/C18H9ClN2O2/c19-11-1-3-14-13(9-11)12-2-4-15-16(17(12)22-14)21-18(23-15)10-5-7-20-8-6-10/h1-9H. The van der Waals surface area contributed by atoms with Crippen molar-refractivity contribution in [2.24, 2.45) is 0 Å². The fraction of sp³-hybridized carbons (Fsp3) is 0. The maximum absolute atomic E-state index is 6.10. The molecule has 0 bridgehead atoms. The van der Waals surface area contributed by atoms with Gasteiger partial charge in [0.15, 0.2) is 16.7 Å². The monoisotopic (exact) mass is 320 g/mol. The van der Waals surface area contributed by atoms with Gasteiger partial charge in [-0.1, -0.05) is 11.6 Å². The highest BCUT2D eigenvalue weighted by Gasteiger charge is 2.16. The molecule has 0 spiro atoms. The number of pyridine rings is 1. The molecular formula is C18H9ClN2O2. The summed E-state index contributed by atoms with van der Waals surface area (Å²) in [4.78, 5) is 8.62. The number of hydrogen-bond acceptors (Lipinski definition) is 4. The summed E-state index contributed by atoms with van der Waals surface area (Å²) in [5.74, 6) is 0.549. The quantitative estimate of drug-likeness (QED) is 0.412. The van der Waals surface area contributed by atoms with Crippen molar-refractivity contribution in [3.8, 4) is 11.5 Å². The summed E-state index contributed by atoms with van der Waals surface area (Å²) >= 11 is 6.10. The largest absolute Gasteiger partial charge is 0.454 e. The summed E-state index contributed by atoms with van der Waals surface area (Å²) in [6.45, 7) is 0. The zero-order chi connectivity index (χ0) is 15.4. The molecule has 3 aromatic heterocycles. The minimum absolute atomic E-state index is 0.549. The van der Waals surface area contributed by atoms with Gasteiger partial charge in [0.2, 0.25) is 5.89 Å². The highest BCUT2D eigenvalue weighted by Crippen LogP contribution is 2.36. The summed E-state index contributed by atoms with van der Waals surface area (Å²) in [5, 5.41) is 2.63. The van der Waals surface area contributed by atoms with Crippen LogP contribution in [0.4, 0.5) is 0 Å². The van der Waals surface area contributed by atoms with Gasteiger partial charge in [0.25, 0.3) is 0 Å². The minimum Gasteiger partial charge on any atom is -0.454 e. The lowest BCUT2D eigenvalue weighted by atomic mass is 10.1. The zero-order valence-electron chi connectivity index (χ0n) is 11.8. The number of aromatic nitrogens is 2. The van der Waals surface area contributed by atoms with Crippen LogP contribution in [0, 0.1) is 0 Å². The molecule has 23 heavy (non-hydrogen) atoms. The van der Waals surface area contributed by atoms with E-state index in [-0.39, 0.29) is 0 Å². The van der Waals surface area contributed by atoms with E-state index in [9.17, 15) is 0 Å². The summed E-state index contributed by atoms with van der Waals surface area (Å²) < 4.78 is 11.8. The molecule has 0 radical (unpaired) electrons. The van der Waals surface area contributed by atoms with Gasteiger partial charge in [0, 0.05) is 33.8 Å². The van der Waals surface area contributed by atoms with E-state index in [2.05, 4.69) is 9.97 Å². The van der Waals surface area contributed by atoms with Crippen LogP contribution in [-0.2, 0) is 0 Å². The average Bonchev–Trinajstić information content (AvgIpc) is 3.16. The van der Waals surface area contributed by atoms with Crippen molar-refractivity contribution in [3.05, 3.63) is 59.9 Å². The Labute approximate surface area is 135 Å². The van der Waals surface area contributed by atoms with E-state index in [4.69, 9.17) is 20.4 Å². The number of rotatable bonds is 1. The number of nitrogens with zero attached hydrogens (tertiary/aromatic N) is 2. The fourth-order valence-electron chi connectivity index (χ4n) is 2.81. The van der Waals surface area contributed by atoms with Gasteiger partial charge in [-0.25, -0.2) is 4.98 Å². The van der Waals surface area contributed by atoms with Crippen LogP contribution < -0.4 is 0 Å². The molecule has 0 saturated heterocycles. The third kappa shape index (κ3) is 1.85. The molecule has 0 amide bonds. The lowest BCUT2D eigenvalue weighted by Gasteiger charge is -1.91. The molecule has 5 aromatic rings. The molecule has 0 N–H and O–H groups in total. The molecule has 4 nitrogen and oxygen atoms in total. The van der Waals surface area contributed by atoms with Crippen LogP contribution >= 0.6 is 11.6 Å². The van der Waals surface area contributed by atoms with Crippen LogP contribution in [0.25, 0.3) is 44.5 Å². The molecule has 5 heteroatoms. The molecule has 0 atom stereocenters. The maximum Gasteiger partial charge on any atom is 0.227 e. The number of hydrogen-bond donors (Lipinski definition) is 0. The molecule has 110 valence electrons. The summed E-state index contributed by atoms with van der Waals surface area (Å²) in [5.41, 5.74) is 3.77.